The monoisotopic (exact) mass is 343 g/mol. The smallest absolute Gasteiger partial charge is 0.276 e. The van der Waals surface area contributed by atoms with Gasteiger partial charge >= 0.3 is 0 Å². The van der Waals surface area contributed by atoms with Gasteiger partial charge in [-0.05, 0) is 67.4 Å². The number of nitriles is 1. The quantitative estimate of drug-likeness (QED) is 0.748. The molecule has 0 unspecified atom stereocenters. The van der Waals surface area contributed by atoms with Crippen molar-refractivity contribution in [2.75, 3.05) is 10.6 Å². The molecule has 0 spiro atoms. The molecule has 0 aliphatic carbocycles. The maximum atomic E-state index is 12.3. The Hall–Kier alpha value is -3.72. The molecule has 2 N–H and O–H groups in total. The average molecular weight is 343 g/mol. The predicted octanol–water partition coefficient (Wildman–Crippen LogP) is 3.96. The van der Waals surface area contributed by atoms with Crippen molar-refractivity contribution < 1.29 is 4.79 Å². The lowest BCUT2D eigenvalue weighted by molar-refractivity contribution is 0.102. The Kier molecular flexibility index (Phi) is 4.90. The molecule has 3 aromatic rings. The van der Waals surface area contributed by atoms with Crippen molar-refractivity contribution in [3.63, 3.8) is 0 Å². The topological polar surface area (TPSA) is 90.7 Å². The number of anilines is 3. The van der Waals surface area contributed by atoms with Gasteiger partial charge in [0, 0.05) is 11.4 Å². The molecule has 1 amide bonds. The molecule has 0 bridgehead atoms. The van der Waals surface area contributed by atoms with Crippen LogP contribution in [-0.4, -0.2) is 16.1 Å². The van der Waals surface area contributed by atoms with Crippen molar-refractivity contribution in [3.8, 4) is 6.07 Å². The van der Waals surface area contributed by atoms with Gasteiger partial charge in [0.1, 0.15) is 0 Å². The van der Waals surface area contributed by atoms with Crippen molar-refractivity contribution >= 4 is 23.1 Å². The van der Waals surface area contributed by atoms with Crippen LogP contribution in [0.25, 0.3) is 0 Å². The van der Waals surface area contributed by atoms with E-state index in [1.54, 1.807) is 36.4 Å². The third kappa shape index (κ3) is 4.22. The van der Waals surface area contributed by atoms with Crippen LogP contribution in [0.5, 0.6) is 0 Å². The number of aryl methyl sites for hydroxylation is 2. The fourth-order valence-corrected chi connectivity index (χ4v) is 2.58. The van der Waals surface area contributed by atoms with Gasteiger partial charge in [-0.3, -0.25) is 4.79 Å². The number of benzene rings is 2. The first-order valence-corrected chi connectivity index (χ1v) is 8.04. The number of hydrogen-bond acceptors (Lipinski definition) is 5. The Morgan fingerprint density at radius 1 is 0.962 bits per heavy atom. The van der Waals surface area contributed by atoms with E-state index in [0.29, 0.717) is 17.1 Å². The van der Waals surface area contributed by atoms with Crippen LogP contribution in [-0.2, 0) is 0 Å². The second-order valence-electron chi connectivity index (χ2n) is 5.95. The molecule has 6 nitrogen and oxygen atoms in total. The Morgan fingerprint density at radius 2 is 1.73 bits per heavy atom. The molecule has 0 fully saturated rings. The molecule has 6 heteroatoms. The molecule has 2 aromatic carbocycles. The number of amides is 1. The molecule has 0 radical (unpaired) electrons. The summed E-state index contributed by atoms with van der Waals surface area (Å²) >= 11 is 0. The highest BCUT2D eigenvalue weighted by molar-refractivity contribution is 6.02. The molecule has 1 heterocycles. The number of nitrogens with one attached hydrogen (secondary N) is 2. The lowest BCUT2D eigenvalue weighted by Gasteiger charge is -2.08. The van der Waals surface area contributed by atoms with Gasteiger partial charge in [-0.2, -0.15) is 5.26 Å². The first-order chi connectivity index (χ1) is 12.5. The summed E-state index contributed by atoms with van der Waals surface area (Å²) in [7, 11) is 0. The van der Waals surface area contributed by atoms with Crippen LogP contribution in [0.1, 0.15) is 27.2 Å². The van der Waals surface area contributed by atoms with Gasteiger partial charge in [0.15, 0.2) is 11.5 Å². The molecule has 0 saturated heterocycles. The van der Waals surface area contributed by atoms with Crippen LogP contribution >= 0.6 is 0 Å². The SMILES string of the molecule is Cc1cc(C)cc(Nc2ccc(C(=O)Nc3cccc(C#N)c3)nn2)c1. The number of carbonyl (C=O) groups excluding carboxylic acids is 1. The van der Waals surface area contributed by atoms with E-state index < -0.39 is 0 Å². The minimum Gasteiger partial charge on any atom is -0.339 e. The first kappa shape index (κ1) is 17.1. The molecule has 3 rings (SSSR count). The number of hydrogen-bond donors (Lipinski definition) is 2. The maximum absolute atomic E-state index is 12.3. The van der Waals surface area contributed by atoms with Gasteiger partial charge in [-0.1, -0.05) is 12.1 Å². The van der Waals surface area contributed by atoms with Crippen molar-refractivity contribution in [2.24, 2.45) is 0 Å². The highest BCUT2D eigenvalue weighted by Crippen LogP contribution is 2.18. The molecular formula is C20H17N5O. The zero-order valence-electron chi connectivity index (χ0n) is 14.4. The number of carbonyl (C=O) groups is 1. The number of aromatic nitrogens is 2. The summed E-state index contributed by atoms with van der Waals surface area (Å²) in [6, 6.07) is 18.1. The van der Waals surface area contributed by atoms with E-state index in [2.05, 4.69) is 26.9 Å². The third-order valence-electron chi connectivity index (χ3n) is 3.64. The lowest BCUT2D eigenvalue weighted by atomic mass is 10.1. The van der Waals surface area contributed by atoms with Crippen molar-refractivity contribution in [2.45, 2.75) is 13.8 Å². The van der Waals surface area contributed by atoms with Gasteiger partial charge in [-0.15, -0.1) is 10.2 Å². The standard InChI is InChI=1S/C20H17N5O/c1-13-8-14(2)10-17(9-13)22-19-7-6-18(24-25-19)20(26)23-16-5-3-4-15(11-16)12-21/h3-11H,1-2H3,(H,22,25)(H,23,26). The molecule has 26 heavy (non-hydrogen) atoms. The summed E-state index contributed by atoms with van der Waals surface area (Å²) in [5, 5.41) is 22.8. The van der Waals surface area contributed by atoms with Crippen molar-refractivity contribution in [3.05, 3.63) is 77.0 Å². The number of rotatable bonds is 4. The summed E-state index contributed by atoms with van der Waals surface area (Å²) in [4.78, 5) is 12.3. The summed E-state index contributed by atoms with van der Waals surface area (Å²) in [6.45, 7) is 4.05. The second-order valence-corrected chi connectivity index (χ2v) is 5.95. The van der Waals surface area contributed by atoms with Gasteiger partial charge in [0.25, 0.3) is 5.91 Å². The normalized spacial score (nSPS) is 10.0. The molecule has 1 aromatic heterocycles. The van der Waals surface area contributed by atoms with Gasteiger partial charge in [0.2, 0.25) is 0 Å². The zero-order valence-corrected chi connectivity index (χ0v) is 14.4. The van der Waals surface area contributed by atoms with Crippen molar-refractivity contribution in [1.29, 1.82) is 5.26 Å². The highest BCUT2D eigenvalue weighted by atomic mass is 16.1. The van der Waals surface area contributed by atoms with Gasteiger partial charge < -0.3 is 10.6 Å². The van der Waals surface area contributed by atoms with Crippen LogP contribution < -0.4 is 10.6 Å². The van der Waals surface area contributed by atoms with Crippen LogP contribution in [0, 0.1) is 25.2 Å². The Bertz CT molecular complexity index is 970. The van der Waals surface area contributed by atoms with E-state index in [0.717, 1.165) is 16.8 Å². The van der Waals surface area contributed by atoms with Gasteiger partial charge in [-0.25, -0.2) is 0 Å². The molecular weight excluding hydrogens is 326 g/mol. The Balaban J connectivity index is 1.70. The zero-order chi connectivity index (χ0) is 18.5. The summed E-state index contributed by atoms with van der Waals surface area (Å²) in [6.07, 6.45) is 0. The Morgan fingerprint density at radius 3 is 2.38 bits per heavy atom. The largest absolute Gasteiger partial charge is 0.339 e. The molecule has 0 atom stereocenters. The van der Waals surface area contributed by atoms with Crippen LogP contribution in [0.2, 0.25) is 0 Å². The second kappa shape index (κ2) is 7.45. The fraction of sp³-hybridized carbons (Fsp3) is 0.100. The van der Waals surface area contributed by atoms with Crippen LogP contribution in [0.3, 0.4) is 0 Å². The molecule has 0 aliphatic rings. The maximum Gasteiger partial charge on any atom is 0.276 e. The van der Waals surface area contributed by atoms with E-state index in [4.69, 9.17) is 5.26 Å². The average Bonchev–Trinajstić information content (AvgIpc) is 2.61. The first-order valence-electron chi connectivity index (χ1n) is 8.04. The molecule has 0 saturated carbocycles. The third-order valence-corrected chi connectivity index (χ3v) is 3.64. The predicted molar refractivity (Wildman–Crippen MR) is 100 cm³/mol. The lowest BCUT2D eigenvalue weighted by Crippen LogP contribution is -2.14. The minimum atomic E-state index is -0.384. The highest BCUT2D eigenvalue weighted by Gasteiger charge is 2.09. The summed E-state index contributed by atoms with van der Waals surface area (Å²) < 4.78 is 0. The van der Waals surface area contributed by atoms with Crippen LogP contribution in [0.4, 0.5) is 17.2 Å². The number of nitrogens with zero attached hydrogens (tertiary/aromatic N) is 3. The van der Waals surface area contributed by atoms with E-state index in [1.807, 2.05) is 32.0 Å². The summed E-state index contributed by atoms with van der Waals surface area (Å²) in [5.74, 6) is 0.170. The molecule has 128 valence electrons. The van der Waals surface area contributed by atoms with E-state index in [1.165, 1.54) is 0 Å². The Labute approximate surface area is 151 Å². The minimum absolute atomic E-state index is 0.193. The van der Waals surface area contributed by atoms with E-state index in [9.17, 15) is 4.79 Å². The summed E-state index contributed by atoms with van der Waals surface area (Å²) in [5.41, 5.74) is 4.42. The van der Waals surface area contributed by atoms with Crippen molar-refractivity contribution in [1.82, 2.24) is 10.2 Å². The van der Waals surface area contributed by atoms with Gasteiger partial charge in [0.05, 0.1) is 11.6 Å². The fourth-order valence-electron chi connectivity index (χ4n) is 2.58. The van der Waals surface area contributed by atoms with Crippen LogP contribution in [0.15, 0.2) is 54.6 Å². The van der Waals surface area contributed by atoms with E-state index >= 15 is 0 Å². The molecule has 0 aliphatic heterocycles. The van der Waals surface area contributed by atoms with E-state index in [-0.39, 0.29) is 11.6 Å².